The number of nitrogens with zero attached hydrogens (tertiary/aromatic N) is 6. The van der Waals surface area contributed by atoms with Crippen LogP contribution < -0.4 is 10.2 Å². The van der Waals surface area contributed by atoms with Gasteiger partial charge in [0, 0.05) is 38.4 Å². The smallest absolute Gasteiger partial charge is 0.277 e. The lowest BCUT2D eigenvalue weighted by molar-refractivity contribution is 0.101. The number of carbonyl (C=O) groups excluding carboxylic acids is 1. The summed E-state index contributed by atoms with van der Waals surface area (Å²) in [6.07, 6.45) is 5.16. The molecule has 4 rings (SSSR count). The molecule has 0 saturated carbocycles. The van der Waals surface area contributed by atoms with Crippen molar-refractivity contribution in [2.45, 2.75) is 6.54 Å². The van der Waals surface area contributed by atoms with E-state index >= 15 is 0 Å². The lowest BCUT2D eigenvalue weighted by atomic mass is 10.3. The van der Waals surface area contributed by atoms with Crippen molar-refractivity contribution in [2.75, 3.05) is 43.4 Å². The van der Waals surface area contributed by atoms with Crippen molar-refractivity contribution in [3.05, 3.63) is 52.7 Å². The van der Waals surface area contributed by atoms with Crippen LogP contribution >= 0.6 is 15.9 Å². The number of carbonyl (C=O) groups is 1. The number of anilines is 2. The van der Waals surface area contributed by atoms with E-state index in [4.69, 9.17) is 4.52 Å². The van der Waals surface area contributed by atoms with Crippen molar-refractivity contribution in [2.24, 2.45) is 0 Å². The summed E-state index contributed by atoms with van der Waals surface area (Å²) in [7, 11) is 2.12. The van der Waals surface area contributed by atoms with Crippen LogP contribution in [0.4, 0.5) is 11.5 Å². The van der Waals surface area contributed by atoms with Gasteiger partial charge in [0.15, 0.2) is 11.5 Å². The Bertz CT molecular complexity index is 945. The molecule has 3 aromatic rings. The zero-order chi connectivity index (χ0) is 19.5. The predicted octanol–water partition coefficient (Wildman–Crippen LogP) is 2.08. The monoisotopic (exact) mass is 445 g/mol. The lowest BCUT2D eigenvalue weighted by Crippen LogP contribution is -2.44. The molecule has 1 aliphatic rings. The van der Waals surface area contributed by atoms with Gasteiger partial charge in [-0.15, -0.1) is 0 Å². The number of likely N-dealkylation sites (N-methyl/N-ethyl adjacent to an activating group) is 1. The van der Waals surface area contributed by atoms with E-state index in [0.717, 1.165) is 36.5 Å². The van der Waals surface area contributed by atoms with Gasteiger partial charge in [-0.05, 0) is 35.1 Å². The second-order valence-electron chi connectivity index (χ2n) is 6.68. The molecule has 4 heterocycles. The predicted molar refractivity (Wildman–Crippen MR) is 107 cm³/mol. The van der Waals surface area contributed by atoms with Crippen LogP contribution in [-0.2, 0) is 6.54 Å². The molecule has 28 heavy (non-hydrogen) atoms. The maximum atomic E-state index is 12.4. The first-order valence-corrected chi connectivity index (χ1v) is 9.70. The zero-order valence-corrected chi connectivity index (χ0v) is 17.0. The third-order valence-corrected chi connectivity index (χ3v) is 4.95. The molecule has 3 aromatic heterocycles. The van der Waals surface area contributed by atoms with Crippen LogP contribution in [0, 0.1) is 0 Å². The van der Waals surface area contributed by atoms with Crippen LogP contribution in [-0.4, -0.2) is 64.0 Å². The van der Waals surface area contributed by atoms with E-state index < -0.39 is 0 Å². The minimum Gasteiger partial charge on any atom is -0.359 e. The molecule has 1 amide bonds. The molecule has 1 aliphatic heterocycles. The molecule has 10 heteroatoms. The first-order valence-electron chi connectivity index (χ1n) is 8.91. The Kier molecular flexibility index (Phi) is 5.40. The maximum Gasteiger partial charge on any atom is 0.277 e. The molecule has 1 fully saturated rings. The van der Waals surface area contributed by atoms with E-state index in [9.17, 15) is 4.79 Å². The standard InChI is InChI=1S/C18H20BrN7O2/c1-24-4-6-25(7-5-24)17-3-2-14(10-20-17)22-18(27)16-8-15(28-23-16)12-26-11-13(19)9-21-26/h2-3,8-11H,4-7,12H2,1H3,(H,22,27). The van der Waals surface area contributed by atoms with Crippen molar-refractivity contribution in [3.63, 3.8) is 0 Å². The Balaban J connectivity index is 1.36. The molecular formula is C18H20BrN7O2. The van der Waals surface area contributed by atoms with Crippen molar-refractivity contribution < 1.29 is 9.32 Å². The van der Waals surface area contributed by atoms with Gasteiger partial charge < -0.3 is 19.6 Å². The van der Waals surface area contributed by atoms with Gasteiger partial charge in [-0.1, -0.05) is 5.16 Å². The van der Waals surface area contributed by atoms with Crippen LogP contribution in [0.1, 0.15) is 16.2 Å². The van der Waals surface area contributed by atoms with Crippen LogP contribution in [0.15, 0.2) is 45.8 Å². The van der Waals surface area contributed by atoms with E-state index in [2.05, 4.69) is 53.3 Å². The first-order chi connectivity index (χ1) is 13.6. The van der Waals surface area contributed by atoms with Crippen molar-refractivity contribution >= 4 is 33.3 Å². The lowest BCUT2D eigenvalue weighted by Gasteiger charge is -2.33. The van der Waals surface area contributed by atoms with E-state index in [0.29, 0.717) is 18.0 Å². The fraction of sp³-hybridized carbons (Fsp3) is 0.333. The quantitative estimate of drug-likeness (QED) is 0.642. The van der Waals surface area contributed by atoms with Crippen LogP contribution in [0.2, 0.25) is 0 Å². The third-order valence-electron chi connectivity index (χ3n) is 4.54. The molecule has 1 N–H and O–H groups in total. The summed E-state index contributed by atoms with van der Waals surface area (Å²) in [4.78, 5) is 21.4. The van der Waals surface area contributed by atoms with Gasteiger partial charge in [0.05, 0.1) is 22.6 Å². The van der Waals surface area contributed by atoms with Crippen molar-refractivity contribution in [1.82, 2.24) is 24.8 Å². The minimum absolute atomic E-state index is 0.212. The second-order valence-corrected chi connectivity index (χ2v) is 7.60. The summed E-state index contributed by atoms with van der Waals surface area (Å²) in [5, 5.41) is 10.8. The summed E-state index contributed by atoms with van der Waals surface area (Å²) >= 11 is 3.34. The van der Waals surface area contributed by atoms with E-state index in [1.54, 1.807) is 23.1 Å². The highest BCUT2D eigenvalue weighted by Crippen LogP contribution is 2.17. The maximum absolute atomic E-state index is 12.4. The molecule has 0 radical (unpaired) electrons. The Hall–Kier alpha value is -2.72. The average molecular weight is 446 g/mol. The molecule has 0 bridgehead atoms. The van der Waals surface area contributed by atoms with Crippen LogP contribution in [0.5, 0.6) is 0 Å². The summed E-state index contributed by atoms with van der Waals surface area (Å²) < 4.78 is 7.79. The fourth-order valence-corrected chi connectivity index (χ4v) is 3.28. The number of piperazine rings is 1. The van der Waals surface area contributed by atoms with E-state index in [1.807, 2.05) is 18.3 Å². The largest absolute Gasteiger partial charge is 0.359 e. The SMILES string of the molecule is CN1CCN(c2ccc(NC(=O)c3cc(Cn4cc(Br)cn4)on3)cn2)CC1. The Morgan fingerprint density at radius 2 is 2.07 bits per heavy atom. The molecular weight excluding hydrogens is 426 g/mol. The topological polar surface area (TPSA) is 92.3 Å². The zero-order valence-electron chi connectivity index (χ0n) is 15.4. The summed E-state index contributed by atoms with van der Waals surface area (Å²) in [6.45, 7) is 4.33. The number of nitrogens with one attached hydrogen (secondary N) is 1. The molecule has 0 atom stereocenters. The van der Waals surface area contributed by atoms with Gasteiger partial charge in [0.1, 0.15) is 12.4 Å². The molecule has 0 unspecified atom stereocenters. The molecule has 0 spiro atoms. The fourth-order valence-electron chi connectivity index (χ4n) is 2.96. The van der Waals surface area contributed by atoms with Gasteiger partial charge >= 0.3 is 0 Å². The highest BCUT2D eigenvalue weighted by molar-refractivity contribution is 9.10. The van der Waals surface area contributed by atoms with Gasteiger partial charge in [-0.25, -0.2) is 4.98 Å². The highest BCUT2D eigenvalue weighted by atomic mass is 79.9. The average Bonchev–Trinajstić information content (AvgIpc) is 3.32. The molecule has 9 nitrogen and oxygen atoms in total. The third kappa shape index (κ3) is 4.39. The minimum atomic E-state index is -0.342. The number of amides is 1. The summed E-state index contributed by atoms with van der Waals surface area (Å²) in [5.74, 6) is 1.12. The number of pyridine rings is 1. The van der Waals surface area contributed by atoms with Gasteiger partial charge in [0.25, 0.3) is 5.91 Å². The number of rotatable bonds is 5. The first kappa shape index (κ1) is 18.6. The molecule has 146 valence electrons. The molecule has 0 aliphatic carbocycles. The number of hydrogen-bond acceptors (Lipinski definition) is 7. The van der Waals surface area contributed by atoms with Crippen LogP contribution in [0.3, 0.4) is 0 Å². The van der Waals surface area contributed by atoms with Gasteiger partial charge in [-0.3, -0.25) is 9.48 Å². The highest BCUT2D eigenvalue weighted by Gasteiger charge is 2.16. The van der Waals surface area contributed by atoms with E-state index in [-0.39, 0.29) is 11.6 Å². The number of halogens is 1. The number of aromatic nitrogens is 4. The Labute approximate surface area is 170 Å². The Morgan fingerprint density at radius 1 is 1.25 bits per heavy atom. The Morgan fingerprint density at radius 3 is 2.75 bits per heavy atom. The molecule has 0 aromatic carbocycles. The second kappa shape index (κ2) is 8.11. The van der Waals surface area contributed by atoms with Crippen LogP contribution in [0.25, 0.3) is 0 Å². The normalized spacial score (nSPS) is 15.0. The van der Waals surface area contributed by atoms with Crippen molar-refractivity contribution in [3.8, 4) is 0 Å². The van der Waals surface area contributed by atoms with Gasteiger partial charge in [-0.2, -0.15) is 5.10 Å². The van der Waals surface area contributed by atoms with E-state index in [1.165, 1.54) is 0 Å². The van der Waals surface area contributed by atoms with Crippen molar-refractivity contribution in [1.29, 1.82) is 0 Å². The summed E-state index contributed by atoms with van der Waals surface area (Å²) in [5.41, 5.74) is 0.827. The summed E-state index contributed by atoms with van der Waals surface area (Å²) in [6, 6.07) is 5.38. The van der Waals surface area contributed by atoms with Gasteiger partial charge in [0.2, 0.25) is 0 Å². The number of hydrogen-bond donors (Lipinski definition) is 1. The molecule has 1 saturated heterocycles.